The average molecular weight is 584 g/mol. The lowest BCUT2D eigenvalue weighted by Gasteiger charge is -2.34. The Balaban J connectivity index is 1.27. The van der Waals surface area contributed by atoms with Crippen molar-refractivity contribution in [1.82, 2.24) is 29.3 Å². The Kier molecular flexibility index (Phi) is 8.50. The molecule has 11 heteroatoms. The van der Waals surface area contributed by atoms with Gasteiger partial charge in [-0.25, -0.2) is 9.37 Å². The van der Waals surface area contributed by atoms with Crippen molar-refractivity contribution in [2.75, 3.05) is 61.8 Å². The Morgan fingerprint density at radius 3 is 2.67 bits per heavy atom. The number of imidazole rings is 1. The Morgan fingerprint density at radius 1 is 1.09 bits per heavy atom. The fourth-order valence-corrected chi connectivity index (χ4v) is 5.88. The monoisotopic (exact) mass is 583 g/mol. The van der Waals surface area contributed by atoms with Crippen LogP contribution in [-0.4, -0.2) is 81.5 Å². The molecule has 2 aliphatic rings. The van der Waals surface area contributed by atoms with Crippen LogP contribution in [0.15, 0.2) is 67.5 Å². The summed E-state index contributed by atoms with van der Waals surface area (Å²) in [6.07, 6.45) is 5.12. The fourth-order valence-electron chi connectivity index (χ4n) is 5.88. The molecule has 0 spiro atoms. The second kappa shape index (κ2) is 12.8. The highest BCUT2D eigenvalue weighted by molar-refractivity contribution is 5.87. The number of likely N-dealkylation sites (tertiary alicyclic amines) is 1. The summed E-state index contributed by atoms with van der Waals surface area (Å²) in [6.45, 7) is 9.69. The molecule has 2 fully saturated rings. The Morgan fingerprint density at radius 2 is 1.91 bits per heavy atom. The third-order valence-electron chi connectivity index (χ3n) is 8.27. The van der Waals surface area contributed by atoms with Crippen LogP contribution in [0.3, 0.4) is 0 Å². The first kappa shape index (κ1) is 28.6. The second-order valence-corrected chi connectivity index (χ2v) is 11.4. The number of nitrogens with one attached hydrogen (secondary N) is 2. The van der Waals surface area contributed by atoms with Crippen molar-refractivity contribution in [3.8, 4) is 0 Å². The summed E-state index contributed by atoms with van der Waals surface area (Å²) < 4.78 is 17.3. The van der Waals surface area contributed by atoms with Gasteiger partial charge in [0, 0.05) is 58.0 Å². The normalized spacial score (nSPS) is 17.7. The predicted octanol–water partition coefficient (Wildman–Crippen LogP) is 4.50. The topological polar surface area (TPSA) is 94.4 Å². The number of fused-ring (bicyclic) bond motifs is 1. The number of aromatic nitrogens is 4. The van der Waals surface area contributed by atoms with E-state index in [1.165, 1.54) is 12.1 Å². The van der Waals surface area contributed by atoms with E-state index < -0.39 is 0 Å². The van der Waals surface area contributed by atoms with E-state index in [9.17, 15) is 4.79 Å². The minimum Gasteiger partial charge on any atom is -0.367 e. The number of carbonyl (C=O) groups excluding carboxylic acids is 1. The van der Waals surface area contributed by atoms with E-state index >= 15 is 4.39 Å². The van der Waals surface area contributed by atoms with E-state index in [0.29, 0.717) is 53.9 Å². The number of likely N-dealkylation sites (N-methyl/N-ethyl adjacent to an activating group) is 1. The number of carbonyl (C=O) groups is 1. The molecule has 0 aliphatic carbocycles. The summed E-state index contributed by atoms with van der Waals surface area (Å²) in [7, 11) is 2.08. The average Bonchev–Trinajstić information content (AvgIpc) is 3.43. The molecular formula is C32H38FN9O. The number of hydrogen-bond acceptors (Lipinski definition) is 8. The number of hydrogen-bond donors (Lipinski definition) is 2. The van der Waals surface area contributed by atoms with Gasteiger partial charge in [-0.1, -0.05) is 36.9 Å². The Hall–Kier alpha value is -4.51. The number of rotatable bonds is 9. The summed E-state index contributed by atoms with van der Waals surface area (Å²) in [5.74, 6) is 0.894. The molecule has 4 heterocycles. The number of nitrogens with zero attached hydrogens (tertiary/aromatic N) is 7. The van der Waals surface area contributed by atoms with Crippen molar-refractivity contribution in [3.63, 3.8) is 0 Å². The molecular weight excluding hydrogens is 545 g/mol. The zero-order valence-corrected chi connectivity index (χ0v) is 24.5. The molecule has 1 amide bonds. The maximum atomic E-state index is 15.3. The van der Waals surface area contributed by atoms with E-state index in [1.807, 2.05) is 51.9 Å². The highest BCUT2D eigenvalue weighted by Gasteiger charge is 2.24. The van der Waals surface area contributed by atoms with Gasteiger partial charge in [0.2, 0.25) is 11.9 Å². The van der Waals surface area contributed by atoms with Crippen LogP contribution in [0.25, 0.3) is 11.2 Å². The molecule has 2 saturated heterocycles. The minimum atomic E-state index is -0.279. The summed E-state index contributed by atoms with van der Waals surface area (Å²) in [6, 6.07) is 15.3. The Labute approximate surface area is 251 Å². The van der Waals surface area contributed by atoms with Crippen LogP contribution >= 0.6 is 0 Å². The molecule has 0 saturated carbocycles. The van der Waals surface area contributed by atoms with Gasteiger partial charge in [-0.05, 0) is 55.6 Å². The number of anilines is 4. The van der Waals surface area contributed by atoms with Crippen molar-refractivity contribution in [2.45, 2.75) is 25.9 Å². The number of benzene rings is 2. The van der Waals surface area contributed by atoms with Gasteiger partial charge in [-0.3, -0.25) is 4.79 Å². The van der Waals surface area contributed by atoms with E-state index in [4.69, 9.17) is 9.97 Å². The van der Waals surface area contributed by atoms with Crippen LogP contribution in [0.4, 0.5) is 27.5 Å². The van der Waals surface area contributed by atoms with Gasteiger partial charge < -0.3 is 29.9 Å². The fraction of sp³-hybridized carbons (Fsp3) is 0.375. The van der Waals surface area contributed by atoms with Crippen LogP contribution < -0.4 is 15.5 Å². The molecule has 10 nitrogen and oxygen atoms in total. The molecule has 6 rings (SSSR count). The predicted molar refractivity (Wildman–Crippen MR) is 168 cm³/mol. The molecule has 1 atom stereocenters. The van der Waals surface area contributed by atoms with Crippen LogP contribution in [0.2, 0.25) is 0 Å². The van der Waals surface area contributed by atoms with Crippen molar-refractivity contribution in [2.24, 2.45) is 5.92 Å². The molecule has 0 radical (unpaired) electrons. The molecule has 2 N–H and O–H groups in total. The lowest BCUT2D eigenvalue weighted by molar-refractivity contribution is -0.127. The molecule has 2 aliphatic heterocycles. The third kappa shape index (κ3) is 6.61. The molecule has 43 heavy (non-hydrogen) atoms. The van der Waals surface area contributed by atoms with E-state index in [-0.39, 0.29) is 17.6 Å². The largest absolute Gasteiger partial charge is 0.367 e. The minimum absolute atomic E-state index is 0.0349. The SMILES string of the molecule is C=CC(=O)N1CCCC(Cn2cnc3c(NCc4ccccc4)nc(Nc4ccc(N5CCN(C)CC5)c(F)c4)nc32)C1. The summed E-state index contributed by atoms with van der Waals surface area (Å²) >= 11 is 0. The maximum Gasteiger partial charge on any atom is 0.245 e. The van der Waals surface area contributed by atoms with Gasteiger partial charge in [0.1, 0.15) is 5.82 Å². The second-order valence-electron chi connectivity index (χ2n) is 11.4. The standard InChI is InChI=1S/C32H38FN9O/c1-3-28(43)41-13-7-10-24(20-41)21-42-22-35-29-30(34-19-23-8-5-4-6-9-23)37-32(38-31(29)42)36-25-11-12-27(26(33)18-25)40-16-14-39(2)15-17-40/h3-6,8-9,11-12,18,22,24H,1,7,10,13-17,19-21H2,2H3,(H2,34,36,37,38). The van der Waals surface area contributed by atoms with Crippen LogP contribution in [-0.2, 0) is 17.9 Å². The van der Waals surface area contributed by atoms with Gasteiger partial charge in [-0.15, -0.1) is 0 Å². The molecule has 224 valence electrons. The zero-order chi connectivity index (χ0) is 29.8. The first-order chi connectivity index (χ1) is 21.0. The number of amides is 1. The highest BCUT2D eigenvalue weighted by Crippen LogP contribution is 2.28. The van der Waals surface area contributed by atoms with Gasteiger partial charge in [0.05, 0.1) is 12.0 Å². The van der Waals surface area contributed by atoms with E-state index in [0.717, 1.165) is 51.1 Å². The van der Waals surface area contributed by atoms with Crippen molar-refractivity contribution < 1.29 is 9.18 Å². The smallest absolute Gasteiger partial charge is 0.245 e. The van der Waals surface area contributed by atoms with E-state index in [2.05, 4.69) is 39.0 Å². The maximum absolute atomic E-state index is 15.3. The quantitative estimate of drug-likeness (QED) is 0.278. The highest BCUT2D eigenvalue weighted by atomic mass is 19.1. The van der Waals surface area contributed by atoms with E-state index in [1.54, 1.807) is 6.33 Å². The van der Waals surface area contributed by atoms with Crippen LogP contribution in [0.5, 0.6) is 0 Å². The van der Waals surface area contributed by atoms with Crippen molar-refractivity contribution in [1.29, 1.82) is 0 Å². The summed E-state index contributed by atoms with van der Waals surface area (Å²) in [4.78, 5) is 32.7. The number of halogens is 1. The molecule has 1 unspecified atom stereocenters. The number of piperazine rings is 1. The van der Waals surface area contributed by atoms with Gasteiger partial charge in [0.15, 0.2) is 17.0 Å². The van der Waals surface area contributed by atoms with Gasteiger partial charge in [0.25, 0.3) is 0 Å². The molecule has 0 bridgehead atoms. The van der Waals surface area contributed by atoms with Crippen LogP contribution in [0.1, 0.15) is 18.4 Å². The molecule has 2 aromatic heterocycles. The number of piperidine rings is 1. The Bertz CT molecular complexity index is 1580. The summed E-state index contributed by atoms with van der Waals surface area (Å²) in [5, 5.41) is 6.66. The lowest BCUT2D eigenvalue weighted by Crippen LogP contribution is -2.44. The first-order valence-electron chi connectivity index (χ1n) is 14.9. The molecule has 2 aromatic carbocycles. The summed E-state index contributed by atoms with van der Waals surface area (Å²) in [5.41, 5.74) is 3.62. The van der Waals surface area contributed by atoms with Crippen molar-refractivity contribution >= 4 is 40.2 Å². The molecule has 4 aromatic rings. The van der Waals surface area contributed by atoms with Gasteiger partial charge >= 0.3 is 0 Å². The third-order valence-corrected chi connectivity index (χ3v) is 8.27. The van der Waals surface area contributed by atoms with Gasteiger partial charge in [-0.2, -0.15) is 9.97 Å². The van der Waals surface area contributed by atoms with Crippen LogP contribution in [0, 0.1) is 11.7 Å². The zero-order valence-electron chi connectivity index (χ0n) is 24.5. The lowest BCUT2D eigenvalue weighted by atomic mass is 9.98. The first-order valence-corrected chi connectivity index (χ1v) is 14.9. The van der Waals surface area contributed by atoms with Crippen molar-refractivity contribution in [3.05, 3.63) is 78.9 Å².